The van der Waals surface area contributed by atoms with E-state index in [9.17, 15) is 16.8 Å². The molecule has 1 aromatic heterocycles. The quantitative estimate of drug-likeness (QED) is 0.311. The molecule has 0 aromatic carbocycles. The summed E-state index contributed by atoms with van der Waals surface area (Å²) < 4.78 is 39.8. The smallest absolute Gasteiger partial charge is 0.238 e. The number of nitrogens with zero attached hydrogens (tertiary/aromatic N) is 3. The molecule has 0 aliphatic carbocycles. The predicted molar refractivity (Wildman–Crippen MR) is 48.6 cm³/mol. The summed E-state index contributed by atoms with van der Waals surface area (Å²) in [5, 5.41) is 17.9. The highest BCUT2D eigenvalue weighted by Gasteiger charge is 2.23. The number of nitrogens with one attached hydrogen (secondary N) is 1. The van der Waals surface area contributed by atoms with Crippen LogP contribution in [0.4, 0.5) is 0 Å². The van der Waals surface area contributed by atoms with Crippen molar-refractivity contribution in [1.82, 2.24) is 19.2 Å². The summed E-state index contributed by atoms with van der Waals surface area (Å²) in [7, 11) is -8.92. The van der Waals surface area contributed by atoms with E-state index in [1.165, 1.54) is 0 Å². The lowest BCUT2D eigenvalue weighted by Crippen LogP contribution is -2.49. The van der Waals surface area contributed by atoms with Gasteiger partial charge in [-0.05, 0) is 3.82 Å². The van der Waals surface area contributed by atoms with E-state index >= 15 is 0 Å². The Morgan fingerprint density at radius 3 is 1.40 bits per heavy atom. The van der Waals surface area contributed by atoms with Crippen molar-refractivity contribution in [2.45, 2.75) is 0 Å². The molecule has 0 atom stereocenters. The third-order valence-corrected chi connectivity index (χ3v) is 3.08. The molecule has 7 N–H and O–H groups in total. The van der Waals surface area contributed by atoms with E-state index in [0.717, 1.165) is 0 Å². The fourth-order valence-electron chi connectivity index (χ4n) is 0.311. The summed E-state index contributed by atoms with van der Waals surface area (Å²) in [5.74, 6) is 4.44. The zero-order chi connectivity index (χ0) is 12.1. The van der Waals surface area contributed by atoms with Crippen LogP contribution in [0, 0.1) is 0 Å². The molecule has 0 saturated heterocycles. The van der Waals surface area contributed by atoms with Crippen LogP contribution >= 0.6 is 0 Å². The fraction of sp³-hybridized carbons (Fsp3) is 0. The lowest BCUT2D eigenvalue weighted by molar-refractivity contribution is 0.508. The Bertz CT molecular complexity index is 412. The Kier molecular flexibility index (Phi) is 4.72. The molecule has 11 nitrogen and oxygen atoms in total. The van der Waals surface area contributed by atoms with Crippen LogP contribution in [0.3, 0.4) is 0 Å². The van der Waals surface area contributed by atoms with Crippen LogP contribution in [0.25, 0.3) is 0 Å². The molecule has 1 rings (SSSR count). The largest absolute Gasteiger partial charge is 0.304 e. The Balaban J connectivity index is 0.000000322. The first-order valence-electron chi connectivity index (χ1n) is 3.06. The highest BCUT2D eigenvalue weighted by Crippen LogP contribution is 1.88. The van der Waals surface area contributed by atoms with Crippen LogP contribution in [-0.4, -0.2) is 36.1 Å². The molecule has 0 saturated carbocycles. The second-order valence-electron chi connectivity index (χ2n) is 1.97. The average Bonchev–Trinajstić information content (AvgIpc) is 2.56. The fourth-order valence-corrected chi connectivity index (χ4v) is 1.47. The van der Waals surface area contributed by atoms with Gasteiger partial charge in [0.1, 0.15) is 0 Å². The third kappa shape index (κ3) is 6.05. The van der Waals surface area contributed by atoms with Crippen molar-refractivity contribution in [3.8, 4) is 0 Å². The highest BCUT2D eigenvalue weighted by atomic mass is 32.3. The Hall–Kier alpha value is -1.12. The number of nitrogens with two attached hydrogens (primary N) is 3. The zero-order valence-electron chi connectivity index (χ0n) is 7.18. The summed E-state index contributed by atoms with van der Waals surface area (Å²) >= 11 is 0. The van der Waals surface area contributed by atoms with Crippen molar-refractivity contribution in [1.29, 1.82) is 0 Å². The molecule has 0 unspecified atom stereocenters. The summed E-state index contributed by atoms with van der Waals surface area (Å²) in [6.45, 7) is 0. The minimum absolute atomic E-state index is 0.625. The monoisotopic (exact) mass is 259 g/mol. The van der Waals surface area contributed by atoms with E-state index in [2.05, 4.69) is 31.5 Å². The first-order chi connectivity index (χ1) is 6.65. The number of H-pyrrole nitrogens is 1. The first-order valence-corrected chi connectivity index (χ1v) is 6.06. The average molecular weight is 259 g/mol. The van der Waals surface area contributed by atoms with Gasteiger partial charge in [0, 0.05) is 0 Å². The maximum Gasteiger partial charge on any atom is 0.304 e. The highest BCUT2D eigenvalue weighted by molar-refractivity contribution is 8.01. The molecule has 88 valence electrons. The second kappa shape index (κ2) is 5.10. The van der Waals surface area contributed by atoms with Crippen molar-refractivity contribution in [2.75, 3.05) is 0 Å². The molecule has 13 heteroatoms. The van der Waals surface area contributed by atoms with Gasteiger partial charge in [0.2, 0.25) is 0 Å². The molecule has 1 heterocycles. The van der Waals surface area contributed by atoms with E-state index in [0.29, 0.717) is 0 Å². The van der Waals surface area contributed by atoms with Gasteiger partial charge >= 0.3 is 20.4 Å². The summed E-state index contributed by atoms with van der Waals surface area (Å²) in [6.07, 6.45) is 3.17. The number of aromatic nitrogens is 3. The lowest BCUT2D eigenvalue weighted by Gasteiger charge is -2.07. The van der Waals surface area contributed by atoms with E-state index < -0.39 is 24.2 Å². The van der Waals surface area contributed by atoms with Crippen molar-refractivity contribution in [3.05, 3.63) is 12.4 Å². The summed E-state index contributed by atoms with van der Waals surface area (Å²) in [5.41, 5.74) is 0. The van der Waals surface area contributed by atoms with Gasteiger partial charge in [0.05, 0.1) is 12.4 Å². The number of hydrazine groups is 1. The molecule has 1 aromatic rings. The van der Waals surface area contributed by atoms with E-state index in [-0.39, 0.29) is 0 Å². The Morgan fingerprint density at radius 1 is 1.00 bits per heavy atom. The SMILES string of the molecule is NN(S(N)(=O)=O)S(N)(=O)=O.c1cn[nH]n1. The van der Waals surface area contributed by atoms with Gasteiger partial charge < -0.3 is 0 Å². The normalized spacial score (nSPS) is 12.0. The van der Waals surface area contributed by atoms with Gasteiger partial charge in [-0.1, -0.05) is 0 Å². The predicted octanol–water partition coefficient (Wildman–Crippen LogP) is -3.63. The first kappa shape index (κ1) is 13.9. The maximum absolute atomic E-state index is 10.1. The van der Waals surface area contributed by atoms with Crippen LogP contribution < -0.4 is 16.1 Å². The van der Waals surface area contributed by atoms with Gasteiger partial charge in [0.15, 0.2) is 0 Å². The van der Waals surface area contributed by atoms with Crippen LogP contribution in [-0.2, 0) is 20.4 Å². The van der Waals surface area contributed by atoms with Gasteiger partial charge in [0.25, 0.3) is 0 Å². The number of rotatable bonds is 2. The minimum atomic E-state index is -4.46. The minimum Gasteiger partial charge on any atom is -0.238 e. The van der Waals surface area contributed by atoms with Gasteiger partial charge in [-0.25, -0.2) is 16.1 Å². The van der Waals surface area contributed by atoms with Crippen LogP contribution in [0.2, 0.25) is 0 Å². The zero-order valence-corrected chi connectivity index (χ0v) is 8.81. The van der Waals surface area contributed by atoms with Crippen molar-refractivity contribution in [2.24, 2.45) is 16.1 Å². The van der Waals surface area contributed by atoms with Crippen molar-refractivity contribution in [3.63, 3.8) is 0 Å². The molecule has 0 aliphatic rings. The van der Waals surface area contributed by atoms with E-state index in [4.69, 9.17) is 0 Å². The van der Waals surface area contributed by atoms with Crippen molar-refractivity contribution < 1.29 is 16.8 Å². The third-order valence-electron chi connectivity index (χ3n) is 0.833. The van der Waals surface area contributed by atoms with E-state index in [1.807, 2.05) is 0 Å². The molecule has 0 amide bonds. The van der Waals surface area contributed by atoms with Crippen LogP contribution in [0.15, 0.2) is 12.4 Å². The van der Waals surface area contributed by atoms with Gasteiger partial charge in [-0.15, -0.1) is 0 Å². The van der Waals surface area contributed by atoms with Gasteiger partial charge in [-0.3, -0.25) is 0 Å². The molecule has 0 fully saturated rings. The number of aromatic amines is 1. The second-order valence-corrected chi connectivity index (χ2v) is 5.05. The molecular weight excluding hydrogens is 250 g/mol. The summed E-state index contributed by atoms with van der Waals surface area (Å²) in [6, 6.07) is 0. The maximum atomic E-state index is 10.1. The molecule has 0 aliphatic heterocycles. The van der Waals surface area contributed by atoms with Crippen LogP contribution in [0.5, 0.6) is 0 Å². The Labute approximate surface area is 85.6 Å². The van der Waals surface area contributed by atoms with Gasteiger partial charge in [-0.2, -0.15) is 32.2 Å². The number of hydrogen-bond acceptors (Lipinski definition) is 7. The molecule has 0 radical (unpaired) electrons. The van der Waals surface area contributed by atoms with Crippen LogP contribution in [0.1, 0.15) is 0 Å². The Morgan fingerprint density at radius 2 is 1.33 bits per heavy atom. The lowest BCUT2D eigenvalue weighted by atomic mass is 11.0. The van der Waals surface area contributed by atoms with E-state index in [1.54, 1.807) is 12.4 Å². The summed E-state index contributed by atoms with van der Waals surface area (Å²) in [4.78, 5) is 0. The molecule has 0 spiro atoms. The molecule has 15 heavy (non-hydrogen) atoms. The van der Waals surface area contributed by atoms with Crippen molar-refractivity contribution >= 4 is 20.4 Å². The topological polar surface area (TPSA) is 191 Å². The molecular formula is C2H9N7O4S2. The standard InChI is InChI=1S/C2H3N3.H6N4O4S2/c1-2-4-5-3-1;1-4(9(2,5)6)10(3,7)8/h1-2H,(H,3,4,5);1H2,(H2,2,5,6)(H2,3,7,8). The molecule has 0 bridgehead atoms. The number of hydrogen-bond donors (Lipinski definition) is 4.